The van der Waals surface area contributed by atoms with Crippen LogP contribution in [0.5, 0.6) is 0 Å². The van der Waals surface area contributed by atoms with Gasteiger partial charge in [-0.15, -0.1) is 0 Å². The van der Waals surface area contributed by atoms with E-state index in [4.69, 9.17) is 11.6 Å². The maximum Gasteiger partial charge on any atom is 0.433 e. The van der Waals surface area contributed by atoms with Gasteiger partial charge in [-0.1, -0.05) is 11.6 Å². The number of pyridine rings is 1. The highest BCUT2D eigenvalue weighted by atomic mass is 35.5. The number of halogens is 4. The predicted molar refractivity (Wildman–Crippen MR) is 43.7 cm³/mol. The Bertz CT molecular complexity index is 333. The van der Waals surface area contributed by atoms with Crippen LogP contribution in [0.4, 0.5) is 13.2 Å². The van der Waals surface area contributed by atoms with Crippen molar-refractivity contribution in [1.29, 1.82) is 0 Å². The quantitative estimate of drug-likeness (QED) is 0.638. The standard InChI is InChI=1S/C8H7ClF3N/c1-4-3-6(9)5(2)7(13-4)8(10,11)12/h3H,1-2H3. The lowest BCUT2D eigenvalue weighted by Crippen LogP contribution is -2.11. The Kier molecular flexibility index (Phi) is 2.52. The molecular weight excluding hydrogens is 203 g/mol. The van der Waals surface area contributed by atoms with Gasteiger partial charge >= 0.3 is 6.18 Å². The molecule has 0 amide bonds. The van der Waals surface area contributed by atoms with E-state index in [1.54, 1.807) is 0 Å². The molecule has 0 N–H and O–H groups in total. The molecule has 0 aromatic carbocycles. The first-order chi connectivity index (χ1) is 5.82. The van der Waals surface area contributed by atoms with Crippen LogP contribution >= 0.6 is 11.6 Å². The molecule has 5 heteroatoms. The smallest absolute Gasteiger partial charge is 0.248 e. The van der Waals surface area contributed by atoms with Gasteiger partial charge in [0.25, 0.3) is 0 Å². The molecule has 0 aliphatic carbocycles. The number of aromatic nitrogens is 1. The number of nitrogens with zero attached hydrogens (tertiary/aromatic N) is 1. The molecule has 0 fully saturated rings. The summed E-state index contributed by atoms with van der Waals surface area (Å²) in [6.45, 7) is 2.78. The highest BCUT2D eigenvalue weighted by Gasteiger charge is 2.35. The van der Waals surface area contributed by atoms with Crippen LogP contribution in [0.15, 0.2) is 6.07 Å². The van der Waals surface area contributed by atoms with E-state index in [2.05, 4.69) is 4.98 Å². The summed E-state index contributed by atoms with van der Waals surface area (Å²) in [4.78, 5) is 3.40. The van der Waals surface area contributed by atoms with Crippen LogP contribution in [0.1, 0.15) is 17.0 Å². The molecule has 1 aromatic rings. The van der Waals surface area contributed by atoms with Crippen molar-refractivity contribution < 1.29 is 13.2 Å². The van der Waals surface area contributed by atoms with Gasteiger partial charge in [-0.3, -0.25) is 0 Å². The normalized spacial score (nSPS) is 11.8. The van der Waals surface area contributed by atoms with Crippen molar-refractivity contribution in [3.63, 3.8) is 0 Å². The van der Waals surface area contributed by atoms with E-state index in [0.717, 1.165) is 0 Å². The summed E-state index contributed by atoms with van der Waals surface area (Å²) in [5.74, 6) is 0. The van der Waals surface area contributed by atoms with Gasteiger partial charge in [-0.05, 0) is 25.5 Å². The van der Waals surface area contributed by atoms with E-state index in [9.17, 15) is 13.2 Å². The average molecular weight is 210 g/mol. The molecule has 0 atom stereocenters. The molecular formula is C8H7ClF3N. The second-order valence-corrected chi connectivity index (χ2v) is 3.12. The van der Waals surface area contributed by atoms with E-state index in [0.29, 0.717) is 0 Å². The van der Waals surface area contributed by atoms with Crippen molar-refractivity contribution in [2.24, 2.45) is 0 Å². The highest BCUT2D eigenvalue weighted by molar-refractivity contribution is 6.31. The second-order valence-electron chi connectivity index (χ2n) is 2.72. The fourth-order valence-corrected chi connectivity index (χ4v) is 1.22. The maximum atomic E-state index is 12.3. The molecule has 0 aliphatic rings. The minimum Gasteiger partial charge on any atom is -0.248 e. The van der Waals surface area contributed by atoms with Crippen LogP contribution < -0.4 is 0 Å². The molecule has 0 unspecified atom stereocenters. The van der Waals surface area contributed by atoms with Gasteiger partial charge in [0, 0.05) is 10.7 Å². The Morgan fingerprint density at radius 1 is 1.31 bits per heavy atom. The van der Waals surface area contributed by atoms with Crippen molar-refractivity contribution in [3.8, 4) is 0 Å². The van der Waals surface area contributed by atoms with E-state index in [1.807, 2.05) is 0 Å². The third kappa shape index (κ3) is 2.12. The van der Waals surface area contributed by atoms with E-state index >= 15 is 0 Å². The first kappa shape index (κ1) is 10.3. The van der Waals surface area contributed by atoms with E-state index in [1.165, 1.54) is 19.9 Å². The molecule has 0 saturated heterocycles. The predicted octanol–water partition coefficient (Wildman–Crippen LogP) is 3.37. The molecule has 1 rings (SSSR count). The zero-order valence-electron chi connectivity index (χ0n) is 7.04. The summed E-state index contributed by atoms with van der Waals surface area (Å²) >= 11 is 5.59. The van der Waals surface area contributed by atoms with Gasteiger partial charge in [0.2, 0.25) is 0 Å². The minimum absolute atomic E-state index is 0.0280. The van der Waals surface area contributed by atoms with E-state index in [-0.39, 0.29) is 16.3 Å². The van der Waals surface area contributed by atoms with Crippen molar-refractivity contribution in [3.05, 3.63) is 28.0 Å². The van der Waals surface area contributed by atoms with Gasteiger partial charge in [0.15, 0.2) is 0 Å². The van der Waals surface area contributed by atoms with Crippen LogP contribution in [-0.2, 0) is 6.18 Å². The fraction of sp³-hybridized carbons (Fsp3) is 0.375. The zero-order chi connectivity index (χ0) is 10.2. The van der Waals surface area contributed by atoms with Gasteiger partial charge in [-0.25, -0.2) is 4.98 Å². The summed E-state index contributed by atoms with van der Waals surface area (Å²) in [5.41, 5.74) is -0.666. The van der Waals surface area contributed by atoms with Crippen LogP contribution in [-0.4, -0.2) is 4.98 Å². The third-order valence-electron chi connectivity index (χ3n) is 1.61. The largest absolute Gasteiger partial charge is 0.433 e. The lowest BCUT2D eigenvalue weighted by molar-refractivity contribution is -0.141. The SMILES string of the molecule is Cc1cc(Cl)c(C)c(C(F)(F)F)n1. The molecule has 1 nitrogen and oxygen atoms in total. The maximum absolute atomic E-state index is 12.3. The first-order valence-corrected chi connectivity index (χ1v) is 3.91. The summed E-state index contributed by atoms with van der Waals surface area (Å²) < 4.78 is 36.9. The Hall–Kier alpha value is -0.770. The fourth-order valence-electron chi connectivity index (χ4n) is 0.973. The Labute approximate surface area is 78.5 Å². The van der Waals surface area contributed by atoms with Crippen molar-refractivity contribution in [2.45, 2.75) is 20.0 Å². The molecule has 72 valence electrons. The summed E-state index contributed by atoms with van der Waals surface area (Å²) in [7, 11) is 0. The minimum atomic E-state index is -4.43. The average Bonchev–Trinajstić information content (AvgIpc) is 1.94. The number of rotatable bonds is 0. The van der Waals surface area contributed by atoms with Crippen molar-refractivity contribution in [1.82, 2.24) is 4.98 Å². The Morgan fingerprint density at radius 3 is 2.31 bits per heavy atom. The highest BCUT2D eigenvalue weighted by Crippen LogP contribution is 2.33. The first-order valence-electron chi connectivity index (χ1n) is 3.53. The molecule has 1 heterocycles. The molecule has 13 heavy (non-hydrogen) atoms. The number of hydrogen-bond acceptors (Lipinski definition) is 1. The Morgan fingerprint density at radius 2 is 1.85 bits per heavy atom. The lowest BCUT2D eigenvalue weighted by atomic mass is 10.2. The van der Waals surface area contributed by atoms with Gasteiger partial charge in [0.05, 0.1) is 0 Å². The van der Waals surface area contributed by atoms with Gasteiger partial charge < -0.3 is 0 Å². The molecule has 1 aromatic heterocycles. The summed E-state index contributed by atoms with van der Waals surface area (Å²) in [6.07, 6.45) is -4.43. The topological polar surface area (TPSA) is 12.9 Å². The van der Waals surface area contributed by atoms with Crippen molar-refractivity contribution >= 4 is 11.6 Å². The molecule has 0 radical (unpaired) electrons. The van der Waals surface area contributed by atoms with Gasteiger partial charge in [0.1, 0.15) is 5.69 Å². The van der Waals surface area contributed by atoms with Crippen LogP contribution in [0.3, 0.4) is 0 Å². The van der Waals surface area contributed by atoms with Crippen LogP contribution in [0, 0.1) is 13.8 Å². The molecule has 0 aliphatic heterocycles. The summed E-state index contributed by atoms with van der Waals surface area (Å²) in [6, 6.07) is 1.41. The number of alkyl halides is 3. The monoisotopic (exact) mass is 209 g/mol. The molecule has 0 spiro atoms. The Balaban J connectivity index is 3.37. The zero-order valence-corrected chi connectivity index (χ0v) is 7.79. The third-order valence-corrected chi connectivity index (χ3v) is 2.00. The number of aryl methyl sites for hydroxylation is 1. The van der Waals surface area contributed by atoms with Gasteiger partial charge in [-0.2, -0.15) is 13.2 Å². The summed E-state index contributed by atoms with van der Waals surface area (Å²) in [5, 5.41) is 0.0971. The van der Waals surface area contributed by atoms with Crippen LogP contribution in [0.25, 0.3) is 0 Å². The number of hydrogen-bond donors (Lipinski definition) is 0. The second kappa shape index (κ2) is 3.18. The molecule has 0 saturated carbocycles. The lowest BCUT2D eigenvalue weighted by Gasteiger charge is -2.10. The van der Waals surface area contributed by atoms with E-state index < -0.39 is 11.9 Å². The molecule has 0 bridgehead atoms. The van der Waals surface area contributed by atoms with Crippen LogP contribution in [0.2, 0.25) is 5.02 Å². The van der Waals surface area contributed by atoms with Crippen molar-refractivity contribution in [2.75, 3.05) is 0 Å².